The SMILES string of the molecule is COCCN1C[C@]2(CCCN(Cc3ccc(SC)cc3)C2)CCC1=O. The highest BCUT2D eigenvalue weighted by molar-refractivity contribution is 7.98. The number of carbonyl (C=O) groups is 1. The van der Waals surface area contributed by atoms with Crippen LogP contribution in [0.2, 0.25) is 0 Å². The van der Waals surface area contributed by atoms with Crippen LogP contribution in [0.3, 0.4) is 0 Å². The van der Waals surface area contributed by atoms with Crippen LogP contribution in [0.5, 0.6) is 0 Å². The number of ether oxygens (including phenoxy) is 1. The van der Waals surface area contributed by atoms with E-state index in [0.29, 0.717) is 18.9 Å². The minimum Gasteiger partial charge on any atom is -0.383 e. The van der Waals surface area contributed by atoms with Crippen molar-refractivity contribution in [2.24, 2.45) is 5.41 Å². The Hall–Kier alpha value is -1.04. The molecule has 2 heterocycles. The van der Waals surface area contributed by atoms with Gasteiger partial charge in [-0.1, -0.05) is 12.1 Å². The predicted octanol–water partition coefficient (Wildman–Crippen LogP) is 3.26. The van der Waals surface area contributed by atoms with Gasteiger partial charge in [-0.3, -0.25) is 9.69 Å². The number of piperidine rings is 2. The molecule has 0 bridgehead atoms. The lowest BCUT2D eigenvalue weighted by atomic mass is 9.73. The highest BCUT2D eigenvalue weighted by atomic mass is 32.2. The third-order valence-electron chi connectivity index (χ3n) is 5.62. The van der Waals surface area contributed by atoms with E-state index in [4.69, 9.17) is 4.74 Å². The van der Waals surface area contributed by atoms with Crippen LogP contribution >= 0.6 is 11.8 Å². The molecule has 0 unspecified atom stereocenters. The van der Waals surface area contributed by atoms with Crippen molar-refractivity contribution < 1.29 is 9.53 Å². The fourth-order valence-electron chi connectivity index (χ4n) is 4.27. The monoisotopic (exact) mass is 362 g/mol. The van der Waals surface area contributed by atoms with Gasteiger partial charge in [0, 0.05) is 50.0 Å². The summed E-state index contributed by atoms with van der Waals surface area (Å²) in [6.45, 7) is 5.55. The molecule has 2 aliphatic rings. The average molecular weight is 363 g/mol. The van der Waals surface area contributed by atoms with Gasteiger partial charge in [0.05, 0.1) is 6.61 Å². The van der Waals surface area contributed by atoms with E-state index < -0.39 is 0 Å². The molecule has 4 nitrogen and oxygen atoms in total. The standard InChI is InChI=1S/C20H30N2O2S/c1-24-13-12-22-16-20(10-8-19(22)23)9-3-11-21(15-20)14-17-4-6-18(25-2)7-5-17/h4-7H,3,8-16H2,1-2H3/t20-/m1/s1. The smallest absolute Gasteiger partial charge is 0.222 e. The van der Waals surface area contributed by atoms with Crippen LogP contribution in [0.25, 0.3) is 0 Å². The number of nitrogens with zero attached hydrogens (tertiary/aromatic N) is 2. The number of carbonyl (C=O) groups excluding carboxylic acids is 1. The Morgan fingerprint density at radius 1 is 1.20 bits per heavy atom. The Balaban J connectivity index is 1.62. The lowest BCUT2D eigenvalue weighted by molar-refractivity contribution is -0.140. The van der Waals surface area contributed by atoms with Crippen LogP contribution in [0.15, 0.2) is 29.2 Å². The molecule has 0 radical (unpaired) electrons. The summed E-state index contributed by atoms with van der Waals surface area (Å²) in [5.41, 5.74) is 1.66. The number of amides is 1. The van der Waals surface area contributed by atoms with Gasteiger partial charge in [0.2, 0.25) is 5.91 Å². The van der Waals surface area contributed by atoms with Gasteiger partial charge in [-0.2, -0.15) is 0 Å². The van der Waals surface area contributed by atoms with E-state index in [-0.39, 0.29) is 5.41 Å². The molecule has 0 aromatic heterocycles. The van der Waals surface area contributed by atoms with Crippen LogP contribution in [0.4, 0.5) is 0 Å². The molecular formula is C20H30N2O2S. The highest BCUT2D eigenvalue weighted by Crippen LogP contribution is 2.39. The van der Waals surface area contributed by atoms with E-state index in [9.17, 15) is 4.79 Å². The molecule has 0 saturated carbocycles. The molecule has 3 rings (SSSR count). The first-order chi connectivity index (χ1) is 12.1. The third kappa shape index (κ3) is 4.78. The minimum atomic E-state index is 0.277. The van der Waals surface area contributed by atoms with Crippen molar-refractivity contribution in [3.8, 4) is 0 Å². The van der Waals surface area contributed by atoms with Gasteiger partial charge in [-0.05, 0) is 49.8 Å². The molecule has 2 aliphatic heterocycles. The van der Waals surface area contributed by atoms with Crippen LogP contribution in [0, 0.1) is 5.41 Å². The summed E-state index contributed by atoms with van der Waals surface area (Å²) in [7, 11) is 1.70. The van der Waals surface area contributed by atoms with Gasteiger partial charge >= 0.3 is 0 Å². The first-order valence-electron chi connectivity index (χ1n) is 9.26. The van der Waals surface area contributed by atoms with Crippen LogP contribution in [-0.4, -0.2) is 61.9 Å². The number of thioether (sulfide) groups is 1. The summed E-state index contributed by atoms with van der Waals surface area (Å²) in [6.07, 6.45) is 6.32. The van der Waals surface area contributed by atoms with Gasteiger partial charge in [0.15, 0.2) is 0 Å². The second kappa shape index (κ2) is 8.56. The largest absolute Gasteiger partial charge is 0.383 e. The zero-order valence-electron chi connectivity index (χ0n) is 15.5. The molecule has 1 aromatic rings. The third-order valence-corrected chi connectivity index (χ3v) is 6.36. The number of methoxy groups -OCH3 is 1. The zero-order chi connectivity index (χ0) is 17.7. The molecule has 1 spiro atoms. The Morgan fingerprint density at radius 3 is 2.72 bits per heavy atom. The Labute approximate surface area is 155 Å². The number of hydrogen-bond donors (Lipinski definition) is 0. The van der Waals surface area contributed by atoms with Crippen molar-refractivity contribution in [1.82, 2.24) is 9.80 Å². The van der Waals surface area contributed by atoms with Gasteiger partial charge in [0.1, 0.15) is 0 Å². The first-order valence-corrected chi connectivity index (χ1v) is 10.5. The van der Waals surface area contributed by atoms with E-state index in [2.05, 4.69) is 35.4 Å². The number of hydrogen-bond acceptors (Lipinski definition) is 4. The van der Waals surface area contributed by atoms with Crippen LogP contribution < -0.4 is 0 Å². The number of likely N-dealkylation sites (tertiary alicyclic amines) is 2. The van der Waals surface area contributed by atoms with Crippen molar-refractivity contribution in [3.63, 3.8) is 0 Å². The lowest BCUT2D eigenvalue weighted by Crippen LogP contribution is -2.54. The fourth-order valence-corrected chi connectivity index (χ4v) is 4.68. The predicted molar refractivity (Wildman–Crippen MR) is 103 cm³/mol. The average Bonchev–Trinajstić information content (AvgIpc) is 2.64. The molecule has 138 valence electrons. The minimum absolute atomic E-state index is 0.277. The summed E-state index contributed by atoms with van der Waals surface area (Å²) in [5, 5.41) is 0. The van der Waals surface area contributed by atoms with Crippen molar-refractivity contribution in [2.75, 3.05) is 46.2 Å². The second-order valence-corrected chi connectivity index (χ2v) is 8.35. The molecule has 0 aliphatic carbocycles. The molecular weight excluding hydrogens is 332 g/mol. The summed E-state index contributed by atoms with van der Waals surface area (Å²) >= 11 is 1.79. The van der Waals surface area contributed by atoms with Gasteiger partial charge in [-0.25, -0.2) is 0 Å². The van der Waals surface area contributed by atoms with E-state index in [1.54, 1.807) is 18.9 Å². The second-order valence-electron chi connectivity index (χ2n) is 7.47. The van der Waals surface area contributed by atoms with E-state index >= 15 is 0 Å². The molecule has 1 atom stereocenters. The maximum atomic E-state index is 12.2. The molecule has 25 heavy (non-hydrogen) atoms. The zero-order valence-corrected chi connectivity index (χ0v) is 16.3. The van der Waals surface area contributed by atoms with Crippen molar-refractivity contribution >= 4 is 17.7 Å². The van der Waals surface area contributed by atoms with Crippen molar-refractivity contribution in [1.29, 1.82) is 0 Å². The fraction of sp³-hybridized carbons (Fsp3) is 0.650. The number of rotatable bonds is 6. The van der Waals surface area contributed by atoms with Crippen molar-refractivity contribution in [2.45, 2.75) is 37.1 Å². The molecule has 0 N–H and O–H groups in total. The summed E-state index contributed by atoms with van der Waals surface area (Å²) < 4.78 is 5.18. The first kappa shape index (κ1) is 18.7. The lowest BCUT2D eigenvalue weighted by Gasteiger charge is -2.48. The Kier molecular flexibility index (Phi) is 6.42. The molecule has 2 saturated heterocycles. The normalized spacial score (nSPS) is 24.9. The molecule has 2 fully saturated rings. The number of benzene rings is 1. The quantitative estimate of drug-likeness (QED) is 0.727. The molecule has 1 aromatic carbocycles. The van der Waals surface area contributed by atoms with Crippen molar-refractivity contribution in [3.05, 3.63) is 29.8 Å². The molecule has 5 heteroatoms. The highest BCUT2D eigenvalue weighted by Gasteiger charge is 2.41. The van der Waals surface area contributed by atoms with E-state index in [1.807, 2.05) is 4.90 Å². The Morgan fingerprint density at radius 2 is 2.00 bits per heavy atom. The Bertz CT molecular complexity index is 578. The van der Waals surface area contributed by atoms with Crippen LogP contribution in [-0.2, 0) is 16.1 Å². The van der Waals surface area contributed by atoms with Gasteiger partial charge in [0.25, 0.3) is 0 Å². The van der Waals surface area contributed by atoms with E-state index in [0.717, 1.165) is 39.1 Å². The summed E-state index contributed by atoms with van der Waals surface area (Å²) in [6, 6.07) is 8.93. The van der Waals surface area contributed by atoms with E-state index in [1.165, 1.54) is 23.3 Å². The maximum absolute atomic E-state index is 12.2. The molecule has 1 amide bonds. The van der Waals surface area contributed by atoms with Gasteiger partial charge < -0.3 is 9.64 Å². The maximum Gasteiger partial charge on any atom is 0.222 e. The van der Waals surface area contributed by atoms with Gasteiger partial charge in [-0.15, -0.1) is 11.8 Å². The summed E-state index contributed by atoms with van der Waals surface area (Å²) in [4.78, 5) is 18.1. The summed E-state index contributed by atoms with van der Waals surface area (Å²) in [5.74, 6) is 0.299. The van der Waals surface area contributed by atoms with Crippen LogP contribution in [0.1, 0.15) is 31.2 Å². The topological polar surface area (TPSA) is 32.8 Å².